The third kappa shape index (κ3) is 2.94. The van der Waals surface area contributed by atoms with Crippen molar-refractivity contribution in [2.24, 2.45) is 0 Å². The first-order valence-electron chi connectivity index (χ1n) is 5.06. The van der Waals surface area contributed by atoms with Crippen LogP contribution < -0.4 is 0 Å². The van der Waals surface area contributed by atoms with Gasteiger partial charge in [-0.1, -0.05) is 12.1 Å². The summed E-state index contributed by atoms with van der Waals surface area (Å²) in [4.78, 5) is 11.0. The van der Waals surface area contributed by atoms with Gasteiger partial charge in [0.05, 0.1) is 16.2 Å². The lowest BCUT2D eigenvalue weighted by Gasteiger charge is -2.08. The van der Waals surface area contributed by atoms with Crippen LogP contribution >= 0.6 is 0 Å². The zero-order chi connectivity index (χ0) is 13.1. The average Bonchev–Trinajstić information content (AvgIpc) is 2.26. The highest BCUT2D eigenvalue weighted by Gasteiger charge is 2.19. The van der Waals surface area contributed by atoms with Gasteiger partial charge in [0.25, 0.3) is 0 Å². The highest BCUT2D eigenvalue weighted by molar-refractivity contribution is 7.91. The van der Waals surface area contributed by atoms with Crippen LogP contribution in [0.2, 0.25) is 0 Å². The number of sulfone groups is 1. The molecule has 0 unspecified atom stereocenters. The van der Waals surface area contributed by atoms with Gasteiger partial charge in [0.1, 0.15) is 0 Å². The van der Waals surface area contributed by atoms with Crippen molar-refractivity contribution in [2.45, 2.75) is 18.2 Å². The van der Waals surface area contributed by atoms with E-state index in [-0.39, 0.29) is 21.8 Å². The number of carboxylic acid groups (broad SMARTS) is 1. The fourth-order valence-electron chi connectivity index (χ4n) is 1.53. The Hall–Kier alpha value is -1.62. The Morgan fingerprint density at radius 3 is 2.65 bits per heavy atom. The lowest BCUT2D eigenvalue weighted by Crippen LogP contribution is -2.11. The van der Waals surface area contributed by atoms with Crippen molar-refractivity contribution >= 4 is 15.8 Å². The first-order valence-corrected chi connectivity index (χ1v) is 6.72. The molecule has 1 aromatic rings. The van der Waals surface area contributed by atoms with Crippen molar-refractivity contribution in [1.29, 1.82) is 0 Å². The molecular formula is C12H14O4S. The van der Waals surface area contributed by atoms with E-state index < -0.39 is 15.8 Å². The van der Waals surface area contributed by atoms with Crippen LogP contribution in [0.5, 0.6) is 0 Å². The van der Waals surface area contributed by atoms with Gasteiger partial charge in [-0.15, -0.1) is 6.58 Å². The van der Waals surface area contributed by atoms with Gasteiger partial charge >= 0.3 is 5.97 Å². The molecule has 0 saturated heterocycles. The number of carbonyl (C=O) groups is 1. The number of benzene rings is 1. The maximum absolute atomic E-state index is 11.9. The number of carboxylic acids is 1. The van der Waals surface area contributed by atoms with E-state index in [9.17, 15) is 13.2 Å². The Balaban J connectivity index is 3.28. The third-order valence-corrected chi connectivity index (χ3v) is 4.33. The van der Waals surface area contributed by atoms with Gasteiger partial charge in [-0.3, -0.25) is 0 Å². The number of hydrogen-bond acceptors (Lipinski definition) is 3. The molecule has 0 radical (unpaired) electrons. The average molecular weight is 254 g/mol. The van der Waals surface area contributed by atoms with Crippen LogP contribution in [0.15, 0.2) is 35.7 Å². The molecule has 0 atom stereocenters. The molecule has 0 heterocycles. The summed E-state index contributed by atoms with van der Waals surface area (Å²) in [6, 6.07) is 4.27. The summed E-state index contributed by atoms with van der Waals surface area (Å²) in [5.41, 5.74) is 0.300. The Labute approximate surface area is 101 Å². The minimum atomic E-state index is -3.44. The molecule has 0 aliphatic heterocycles. The van der Waals surface area contributed by atoms with E-state index in [0.717, 1.165) is 0 Å². The predicted octanol–water partition coefficient (Wildman–Crippen LogP) is 2.04. The fraction of sp³-hybridized carbons (Fsp3) is 0.250. The maximum atomic E-state index is 11.9. The SMILES string of the molecule is C=CCCS(=O)(=O)c1cccc(C(=O)O)c1C. The molecule has 0 amide bonds. The highest BCUT2D eigenvalue weighted by Crippen LogP contribution is 2.20. The smallest absolute Gasteiger partial charge is 0.335 e. The van der Waals surface area contributed by atoms with E-state index in [2.05, 4.69) is 6.58 Å². The molecule has 0 aliphatic carbocycles. The summed E-state index contributed by atoms with van der Waals surface area (Å²) >= 11 is 0. The number of rotatable bonds is 5. The van der Waals surface area contributed by atoms with E-state index in [4.69, 9.17) is 5.11 Å². The Morgan fingerprint density at radius 2 is 2.12 bits per heavy atom. The van der Waals surface area contributed by atoms with Gasteiger partial charge in [0, 0.05) is 0 Å². The van der Waals surface area contributed by atoms with Gasteiger partial charge in [-0.2, -0.15) is 0 Å². The maximum Gasteiger partial charge on any atom is 0.335 e. The second-order valence-corrected chi connectivity index (χ2v) is 5.71. The van der Waals surface area contributed by atoms with Crippen molar-refractivity contribution in [3.8, 4) is 0 Å². The summed E-state index contributed by atoms with van der Waals surface area (Å²) in [7, 11) is -3.44. The normalized spacial score (nSPS) is 11.1. The first kappa shape index (κ1) is 13.4. The summed E-state index contributed by atoms with van der Waals surface area (Å²) in [6.45, 7) is 4.97. The van der Waals surface area contributed by atoms with E-state index >= 15 is 0 Å². The van der Waals surface area contributed by atoms with Crippen LogP contribution in [-0.4, -0.2) is 25.2 Å². The van der Waals surface area contributed by atoms with Crippen LogP contribution in [0.25, 0.3) is 0 Å². The van der Waals surface area contributed by atoms with E-state index in [1.807, 2.05) is 0 Å². The Morgan fingerprint density at radius 1 is 1.47 bits per heavy atom. The van der Waals surface area contributed by atoms with E-state index in [1.54, 1.807) is 0 Å². The molecule has 1 rings (SSSR count). The topological polar surface area (TPSA) is 71.4 Å². The number of aromatic carboxylic acids is 1. The van der Waals surface area contributed by atoms with Crippen LogP contribution in [0.1, 0.15) is 22.3 Å². The second-order valence-electron chi connectivity index (χ2n) is 3.63. The van der Waals surface area contributed by atoms with Crippen molar-refractivity contribution in [1.82, 2.24) is 0 Å². The quantitative estimate of drug-likeness (QED) is 0.816. The van der Waals surface area contributed by atoms with Gasteiger partial charge in [-0.05, 0) is 31.0 Å². The highest BCUT2D eigenvalue weighted by atomic mass is 32.2. The molecule has 92 valence electrons. The molecule has 0 fully saturated rings. The van der Waals surface area contributed by atoms with Gasteiger partial charge in [0.15, 0.2) is 9.84 Å². The van der Waals surface area contributed by atoms with Crippen molar-refractivity contribution < 1.29 is 18.3 Å². The molecule has 0 saturated carbocycles. The molecule has 4 nitrogen and oxygen atoms in total. The molecule has 5 heteroatoms. The summed E-state index contributed by atoms with van der Waals surface area (Å²) < 4.78 is 23.9. The minimum Gasteiger partial charge on any atom is -0.478 e. The van der Waals surface area contributed by atoms with Gasteiger partial charge in [0.2, 0.25) is 0 Å². The summed E-state index contributed by atoms with van der Waals surface area (Å²) in [5.74, 6) is -1.18. The third-order valence-electron chi connectivity index (χ3n) is 2.44. The fourth-order valence-corrected chi connectivity index (χ4v) is 3.09. The Bertz CT molecular complexity index is 544. The summed E-state index contributed by atoms with van der Waals surface area (Å²) in [5, 5.41) is 8.92. The molecule has 1 N–H and O–H groups in total. The molecule has 1 aromatic carbocycles. The number of hydrogen-bond donors (Lipinski definition) is 1. The molecule has 17 heavy (non-hydrogen) atoms. The van der Waals surface area contributed by atoms with Crippen molar-refractivity contribution in [3.05, 3.63) is 42.0 Å². The second kappa shape index (κ2) is 5.14. The van der Waals surface area contributed by atoms with Crippen LogP contribution in [0.4, 0.5) is 0 Å². The lowest BCUT2D eigenvalue weighted by atomic mass is 10.1. The van der Waals surface area contributed by atoms with Crippen LogP contribution in [0, 0.1) is 6.92 Å². The van der Waals surface area contributed by atoms with Crippen molar-refractivity contribution in [3.63, 3.8) is 0 Å². The van der Waals surface area contributed by atoms with Gasteiger partial charge < -0.3 is 5.11 Å². The summed E-state index contributed by atoms with van der Waals surface area (Å²) in [6.07, 6.45) is 1.87. The molecule has 0 aromatic heterocycles. The molecular weight excluding hydrogens is 240 g/mol. The number of allylic oxidation sites excluding steroid dienone is 1. The van der Waals surface area contributed by atoms with E-state index in [0.29, 0.717) is 6.42 Å². The minimum absolute atomic E-state index is 0.0182. The zero-order valence-corrected chi connectivity index (χ0v) is 10.3. The monoisotopic (exact) mass is 254 g/mol. The van der Waals surface area contributed by atoms with Crippen molar-refractivity contribution in [2.75, 3.05) is 5.75 Å². The Kier molecular flexibility index (Phi) is 4.07. The zero-order valence-electron chi connectivity index (χ0n) is 9.51. The standard InChI is InChI=1S/C12H14O4S/c1-3-4-8-17(15,16)11-7-5-6-10(9(11)2)12(13)14/h3,5-7H,1,4,8H2,2H3,(H,13,14). The van der Waals surface area contributed by atoms with E-state index in [1.165, 1.54) is 31.2 Å². The van der Waals surface area contributed by atoms with Crippen LogP contribution in [-0.2, 0) is 9.84 Å². The van der Waals surface area contributed by atoms with Gasteiger partial charge in [-0.25, -0.2) is 13.2 Å². The molecule has 0 bridgehead atoms. The predicted molar refractivity (Wildman–Crippen MR) is 65.0 cm³/mol. The van der Waals surface area contributed by atoms with Crippen LogP contribution in [0.3, 0.4) is 0 Å². The molecule has 0 aliphatic rings. The lowest BCUT2D eigenvalue weighted by molar-refractivity contribution is 0.0696. The molecule has 0 spiro atoms. The first-order chi connectivity index (χ1) is 7.90. The largest absolute Gasteiger partial charge is 0.478 e.